The van der Waals surface area contributed by atoms with Gasteiger partial charge in [0.05, 0.1) is 13.0 Å². The van der Waals surface area contributed by atoms with Crippen molar-refractivity contribution in [3.8, 4) is 11.5 Å². The largest absolute Gasteiger partial charge is 0.494 e. The lowest BCUT2D eigenvalue weighted by atomic mass is 9.79. The maximum atomic E-state index is 14.5. The van der Waals surface area contributed by atoms with Gasteiger partial charge in [-0.3, -0.25) is 4.79 Å². The van der Waals surface area contributed by atoms with Gasteiger partial charge in [-0.15, -0.1) is 0 Å². The third-order valence-corrected chi connectivity index (χ3v) is 7.80. The summed E-state index contributed by atoms with van der Waals surface area (Å²) in [5, 5.41) is 0. The van der Waals surface area contributed by atoms with Crippen LogP contribution in [0.1, 0.15) is 83.1 Å². The third kappa shape index (κ3) is 5.04. The molecule has 178 valence electrons. The van der Waals surface area contributed by atoms with Crippen LogP contribution in [-0.4, -0.2) is 25.3 Å². The highest BCUT2D eigenvalue weighted by molar-refractivity contribution is 5.72. The van der Waals surface area contributed by atoms with E-state index in [-0.39, 0.29) is 41.5 Å². The summed E-state index contributed by atoms with van der Waals surface area (Å²) in [5.74, 6) is -0.902. The molecule has 6 heteroatoms. The van der Waals surface area contributed by atoms with E-state index in [4.69, 9.17) is 14.2 Å². The summed E-state index contributed by atoms with van der Waals surface area (Å²) in [6.45, 7) is 2.22. The van der Waals surface area contributed by atoms with Crippen LogP contribution in [0.4, 0.5) is 8.78 Å². The minimum absolute atomic E-state index is 0.0160. The van der Waals surface area contributed by atoms with E-state index in [1.54, 1.807) is 0 Å². The lowest BCUT2D eigenvalue weighted by Gasteiger charge is -2.37. The molecule has 1 aromatic carbocycles. The second kappa shape index (κ2) is 10.4. The highest BCUT2D eigenvalue weighted by Crippen LogP contribution is 2.41. The molecule has 0 bridgehead atoms. The zero-order valence-electron chi connectivity index (χ0n) is 19.3. The number of rotatable bonds is 6. The Balaban J connectivity index is 1.26. The first-order chi connectivity index (χ1) is 15.5. The smallest absolute Gasteiger partial charge is 0.309 e. The maximum Gasteiger partial charge on any atom is 0.309 e. The Labute approximate surface area is 190 Å². The molecule has 1 atom stereocenters. The highest BCUT2D eigenvalue weighted by Gasteiger charge is 2.36. The molecule has 0 radical (unpaired) electrons. The minimum atomic E-state index is -0.994. The minimum Gasteiger partial charge on any atom is -0.494 e. The first-order valence-corrected chi connectivity index (χ1v) is 12.4. The fourth-order valence-electron chi connectivity index (χ4n) is 5.87. The van der Waals surface area contributed by atoms with E-state index >= 15 is 0 Å². The van der Waals surface area contributed by atoms with Crippen molar-refractivity contribution in [2.45, 2.75) is 96.2 Å². The number of ether oxygens (including phenoxy) is 3. The standard InChI is InChI=1S/C26H36F2O4/c1-3-4-16-5-7-18(8-6-16)26(29)31-20-12-9-17(10-13-20)21-14-11-19-15-22(30-2)23(27)24(28)25(19)32-21/h15-18,20-21H,3-14H2,1-2H3. The van der Waals surface area contributed by atoms with Gasteiger partial charge in [-0.25, -0.2) is 0 Å². The predicted octanol–water partition coefficient (Wildman–Crippen LogP) is 6.38. The molecule has 1 aliphatic heterocycles. The zero-order valence-corrected chi connectivity index (χ0v) is 19.3. The monoisotopic (exact) mass is 450 g/mol. The molecule has 1 heterocycles. The van der Waals surface area contributed by atoms with Crippen LogP contribution in [-0.2, 0) is 16.0 Å². The van der Waals surface area contributed by atoms with Gasteiger partial charge >= 0.3 is 5.97 Å². The Kier molecular flexibility index (Phi) is 7.57. The molecule has 0 spiro atoms. The van der Waals surface area contributed by atoms with Crippen LogP contribution in [0.5, 0.6) is 11.5 Å². The summed E-state index contributed by atoms with van der Waals surface area (Å²) < 4.78 is 45.3. The number of benzene rings is 1. The van der Waals surface area contributed by atoms with Gasteiger partial charge in [0.2, 0.25) is 11.6 Å². The molecule has 0 saturated heterocycles. The van der Waals surface area contributed by atoms with Gasteiger partial charge in [-0.05, 0) is 82.1 Å². The Bertz CT molecular complexity index is 796. The van der Waals surface area contributed by atoms with E-state index in [1.165, 1.54) is 26.0 Å². The quantitative estimate of drug-likeness (QED) is 0.472. The van der Waals surface area contributed by atoms with Crippen LogP contribution in [0.15, 0.2) is 6.07 Å². The van der Waals surface area contributed by atoms with Crippen molar-refractivity contribution >= 4 is 5.97 Å². The topological polar surface area (TPSA) is 44.8 Å². The molecule has 2 aliphatic carbocycles. The van der Waals surface area contributed by atoms with E-state index in [2.05, 4.69) is 6.92 Å². The van der Waals surface area contributed by atoms with Crippen molar-refractivity contribution in [1.82, 2.24) is 0 Å². The molecule has 1 unspecified atom stereocenters. The van der Waals surface area contributed by atoms with Crippen LogP contribution in [0.2, 0.25) is 0 Å². The fraction of sp³-hybridized carbons (Fsp3) is 0.731. The average molecular weight is 451 g/mol. The van der Waals surface area contributed by atoms with Crippen LogP contribution < -0.4 is 9.47 Å². The van der Waals surface area contributed by atoms with E-state index in [1.807, 2.05) is 0 Å². The number of methoxy groups -OCH3 is 1. The summed E-state index contributed by atoms with van der Waals surface area (Å²) >= 11 is 0. The first-order valence-electron chi connectivity index (χ1n) is 12.4. The lowest BCUT2D eigenvalue weighted by molar-refractivity contribution is -0.157. The second-order valence-corrected chi connectivity index (χ2v) is 9.87. The molecule has 0 amide bonds. The number of hydrogen-bond donors (Lipinski definition) is 0. The molecule has 2 fully saturated rings. The number of halogens is 2. The van der Waals surface area contributed by atoms with E-state index in [0.717, 1.165) is 63.7 Å². The van der Waals surface area contributed by atoms with E-state index in [0.29, 0.717) is 12.0 Å². The molecular weight excluding hydrogens is 414 g/mol. The summed E-state index contributed by atoms with van der Waals surface area (Å²) in [6.07, 6.45) is 11.3. The van der Waals surface area contributed by atoms with Gasteiger partial charge in [0.1, 0.15) is 12.2 Å². The highest BCUT2D eigenvalue weighted by atomic mass is 19.2. The Hall–Kier alpha value is -1.85. The predicted molar refractivity (Wildman–Crippen MR) is 118 cm³/mol. The zero-order chi connectivity index (χ0) is 22.7. The van der Waals surface area contributed by atoms with Crippen molar-refractivity contribution in [3.05, 3.63) is 23.3 Å². The third-order valence-electron chi connectivity index (χ3n) is 7.80. The molecule has 32 heavy (non-hydrogen) atoms. The van der Waals surface area contributed by atoms with Gasteiger partial charge in [0.15, 0.2) is 11.5 Å². The Morgan fingerprint density at radius 2 is 1.75 bits per heavy atom. The number of esters is 1. The van der Waals surface area contributed by atoms with Crippen molar-refractivity contribution in [2.24, 2.45) is 17.8 Å². The van der Waals surface area contributed by atoms with Gasteiger partial charge in [-0.1, -0.05) is 19.8 Å². The Morgan fingerprint density at radius 1 is 1.03 bits per heavy atom. The molecule has 0 aromatic heterocycles. The number of hydrogen-bond acceptors (Lipinski definition) is 4. The van der Waals surface area contributed by atoms with Crippen molar-refractivity contribution < 1.29 is 27.8 Å². The molecule has 1 aromatic rings. The number of carbonyl (C=O) groups is 1. The van der Waals surface area contributed by atoms with Gasteiger partial charge in [0, 0.05) is 5.56 Å². The van der Waals surface area contributed by atoms with Gasteiger partial charge in [-0.2, -0.15) is 8.78 Å². The van der Waals surface area contributed by atoms with Crippen molar-refractivity contribution in [1.29, 1.82) is 0 Å². The van der Waals surface area contributed by atoms with Gasteiger partial charge in [0.25, 0.3) is 0 Å². The number of aryl methyl sites for hydroxylation is 1. The summed E-state index contributed by atoms with van der Waals surface area (Å²) in [4.78, 5) is 12.6. The Morgan fingerprint density at radius 3 is 2.41 bits per heavy atom. The van der Waals surface area contributed by atoms with Gasteiger partial charge < -0.3 is 14.2 Å². The molecular formula is C26H36F2O4. The molecule has 0 N–H and O–H groups in total. The van der Waals surface area contributed by atoms with E-state index < -0.39 is 11.6 Å². The SMILES string of the molecule is CCCC1CCC(C(=O)OC2CCC(C3CCc4cc(OC)c(F)c(F)c4O3)CC2)CC1. The van der Waals surface area contributed by atoms with Crippen molar-refractivity contribution in [2.75, 3.05) is 7.11 Å². The molecule has 3 aliphatic rings. The maximum absolute atomic E-state index is 14.5. The molecule has 4 nitrogen and oxygen atoms in total. The summed E-state index contributed by atoms with van der Waals surface area (Å²) in [5.41, 5.74) is 0.660. The average Bonchev–Trinajstić information content (AvgIpc) is 2.82. The van der Waals surface area contributed by atoms with E-state index in [9.17, 15) is 13.6 Å². The van der Waals surface area contributed by atoms with Crippen LogP contribution >= 0.6 is 0 Å². The first kappa shape index (κ1) is 23.3. The lowest BCUT2D eigenvalue weighted by Crippen LogP contribution is -2.36. The number of fused-ring (bicyclic) bond motifs is 1. The van der Waals surface area contributed by atoms with Crippen molar-refractivity contribution in [3.63, 3.8) is 0 Å². The molecule has 2 saturated carbocycles. The summed E-state index contributed by atoms with van der Waals surface area (Å²) in [6, 6.07) is 1.54. The van der Waals surface area contributed by atoms with Crippen LogP contribution in [0.3, 0.4) is 0 Å². The van der Waals surface area contributed by atoms with Crippen LogP contribution in [0, 0.1) is 29.4 Å². The summed E-state index contributed by atoms with van der Waals surface area (Å²) in [7, 11) is 1.33. The molecule has 4 rings (SSSR count). The number of carbonyl (C=O) groups excluding carboxylic acids is 1. The fourth-order valence-corrected chi connectivity index (χ4v) is 5.87. The normalized spacial score (nSPS) is 30.2. The van der Waals surface area contributed by atoms with Crippen LogP contribution in [0.25, 0.3) is 0 Å². The second-order valence-electron chi connectivity index (χ2n) is 9.87.